The Morgan fingerprint density at radius 2 is 1.61 bits per heavy atom. The lowest BCUT2D eigenvalue weighted by atomic mass is 10.1. The molecule has 148 valence electrons. The minimum absolute atomic E-state index is 0.0456. The second kappa shape index (κ2) is 10.2. The van der Waals surface area contributed by atoms with Crippen LogP contribution in [-0.2, 0) is 20.8 Å². The standard InChI is InChI=1S/C21H23FN2O4/c1-14(16-7-3-2-4-8-16)23-19(25)10-11-20(26)24-18(21(27)28)13-15-6-5-9-17(22)12-15/h2-9,12,14,18H,10-11,13H2,1H3,(H,23,25)(H,24,26)(H,27,28)/t14-,18-/m1/s1. The van der Waals surface area contributed by atoms with Gasteiger partial charge in [0.1, 0.15) is 11.9 Å². The van der Waals surface area contributed by atoms with Gasteiger partial charge in [0.05, 0.1) is 6.04 Å². The SMILES string of the molecule is C[C@@H](NC(=O)CCC(=O)N[C@H](Cc1cccc(F)c1)C(=O)O)c1ccccc1. The zero-order chi connectivity index (χ0) is 20.5. The Morgan fingerprint density at radius 1 is 0.964 bits per heavy atom. The highest BCUT2D eigenvalue weighted by atomic mass is 19.1. The highest BCUT2D eigenvalue weighted by Crippen LogP contribution is 2.11. The quantitative estimate of drug-likeness (QED) is 0.617. The normalized spacial score (nSPS) is 12.6. The van der Waals surface area contributed by atoms with E-state index in [1.807, 2.05) is 37.3 Å². The molecule has 2 atom stereocenters. The number of carboxylic acids is 1. The second-order valence-corrected chi connectivity index (χ2v) is 6.49. The summed E-state index contributed by atoms with van der Waals surface area (Å²) in [6.07, 6.45) is -0.244. The van der Waals surface area contributed by atoms with Crippen LogP contribution in [0.2, 0.25) is 0 Å². The van der Waals surface area contributed by atoms with Crippen molar-refractivity contribution in [2.24, 2.45) is 0 Å². The zero-order valence-electron chi connectivity index (χ0n) is 15.5. The largest absolute Gasteiger partial charge is 0.480 e. The van der Waals surface area contributed by atoms with Crippen molar-refractivity contribution in [1.29, 1.82) is 0 Å². The van der Waals surface area contributed by atoms with Gasteiger partial charge in [0.15, 0.2) is 0 Å². The lowest BCUT2D eigenvalue weighted by molar-refractivity contribution is -0.141. The maximum Gasteiger partial charge on any atom is 0.326 e. The molecule has 7 heteroatoms. The fourth-order valence-electron chi connectivity index (χ4n) is 2.73. The van der Waals surface area contributed by atoms with Gasteiger partial charge in [0.25, 0.3) is 0 Å². The topological polar surface area (TPSA) is 95.5 Å². The van der Waals surface area contributed by atoms with Crippen LogP contribution >= 0.6 is 0 Å². The van der Waals surface area contributed by atoms with Crippen molar-refractivity contribution in [3.8, 4) is 0 Å². The van der Waals surface area contributed by atoms with Crippen LogP contribution in [0.5, 0.6) is 0 Å². The number of aliphatic carboxylic acids is 1. The Labute approximate surface area is 162 Å². The van der Waals surface area contributed by atoms with Gasteiger partial charge >= 0.3 is 5.97 Å². The van der Waals surface area contributed by atoms with Crippen molar-refractivity contribution in [2.45, 2.75) is 38.3 Å². The maximum atomic E-state index is 13.2. The van der Waals surface area contributed by atoms with Gasteiger partial charge in [-0.05, 0) is 30.2 Å². The fraction of sp³-hybridized carbons (Fsp3) is 0.286. The molecule has 0 heterocycles. The first-order valence-corrected chi connectivity index (χ1v) is 8.96. The number of halogens is 1. The summed E-state index contributed by atoms with van der Waals surface area (Å²) in [7, 11) is 0. The van der Waals surface area contributed by atoms with Crippen LogP contribution in [0.3, 0.4) is 0 Å². The number of nitrogens with one attached hydrogen (secondary N) is 2. The minimum Gasteiger partial charge on any atom is -0.480 e. The number of rotatable bonds is 9. The molecule has 0 radical (unpaired) electrons. The van der Waals surface area contributed by atoms with E-state index in [-0.39, 0.29) is 31.2 Å². The van der Waals surface area contributed by atoms with E-state index in [0.29, 0.717) is 5.56 Å². The van der Waals surface area contributed by atoms with E-state index >= 15 is 0 Å². The van der Waals surface area contributed by atoms with Crippen LogP contribution in [0, 0.1) is 5.82 Å². The molecule has 0 saturated carbocycles. The summed E-state index contributed by atoms with van der Waals surface area (Å²) in [6.45, 7) is 1.84. The number of hydrogen-bond acceptors (Lipinski definition) is 3. The highest BCUT2D eigenvalue weighted by Gasteiger charge is 2.21. The molecule has 28 heavy (non-hydrogen) atoms. The fourth-order valence-corrected chi connectivity index (χ4v) is 2.73. The molecule has 0 fully saturated rings. The Hall–Kier alpha value is -3.22. The van der Waals surface area contributed by atoms with E-state index in [9.17, 15) is 23.9 Å². The summed E-state index contributed by atoms with van der Waals surface area (Å²) >= 11 is 0. The number of benzene rings is 2. The number of amides is 2. The third-order valence-corrected chi connectivity index (χ3v) is 4.22. The van der Waals surface area contributed by atoms with Crippen molar-refractivity contribution in [3.05, 3.63) is 71.5 Å². The molecule has 2 aromatic carbocycles. The third kappa shape index (κ3) is 6.83. The van der Waals surface area contributed by atoms with Gasteiger partial charge in [-0.3, -0.25) is 9.59 Å². The lowest BCUT2D eigenvalue weighted by Gasteiger charge is -2.16. The molecule has 0 unspecified atom stereocenters. The van der Waals surface area contributed by atoms with Gasteiger partial charge in [-0.2, -0.15) is 0 Å². The average molecular weight is 386 g/mol. The zero-order valence-corrected chi connectivity index (χ0v) is 15.5. The van der Waals surface area contributed by atoms with E-state index in [0.717, 1.165) is 5.56 Å². The van der Waals surface area contributed by atoms with E-state index < -0.39 is 23.7 Å². The molecular formula is C21H23FN2O4. The Kier molecular flexibility index (Phi) is 7.68. The minimum atomic E-state index is -1.22. The lowest BCUT2D eigenvalue weighted by Crippen LogP contribution is -2.42. The van der Waals surface area contributed by atoms with E-state index in [1.54, 1.807) is 6.07 Å². The molecule has 0 aliphatic rings. The first-order valence-electron chi connectivity index (χ1n) is 8.96. The van der Waals surface area contributed by atoms with Gasteiger partial charge in [0, 0.05) is 19.3 Å². The van der Waals surface area contributed by atoms with E-state index in [4.69, 9.17) is 0 Å². The predicted molar refractivity (Wildman–Crippen MR) is 102 cm³/mol. The van der Waals surface area contributed by atoms with Gasteiger partial charge < -0.3 is 15.7 Å². The van der Waals surface area contributed by atoms with Gasteiger partial charge in [0.2, 0.25) is 11.8 Å². The summed E-state index contributed by atoms with van der Waals surface area (Å²) in [5.74, 6) is -2.55. The third-order valence-electron chi connectivity index (χ3n) is 4.22. The number of carbonyl (C=O) groups is 3. The van der Waals surface area contributed by atoms with Crippen LogP contribution in [0.15, 0.2) is 54.6 Å². The molecule has 0 spiro atoms. The second-order valence-electron chi connectivity index (χ2n) is 6.49. The van der Waals surface area contributed by atoms with E-state index in [1.165, 1.54) is 18.2 Å². The van der Waals surface area contributed by atoms with Crippen molar-refractivity contribution in [1.82, 2.24) is 10.6 Å². The predicted octanol–water partition coefficient (Wildman–Crippen LogP) is 2.60. The van der Waals surface area contributed by atoms with E-state index in [2.05, 4.69) is 10.6 Å². The highest BCUT2D eigenvalue weighted by molar-refractivity contribution is 5.87. The Bertz CT molecular complexity index is 826. The van der Waals surface area contributed by atoms with Crippen molar-refractivity contribution >= 4 is 17.8 Å². The van der Waals surface area contributed by atoms with Crippen molar-refractivity contribution < 1.29 is 23.9 Å². The summed E-state index contributed by atoms with van der Waals surface area (Å²) in [5, 5.41) is 14.5. The van der Waals surface area contributed by atoms with Gasteiger partial charge in [-0.15, -0.1) is 0 Å². The monoisotopic (exact) mass is 386 g/mol. The summed E-state index contributed by atoms with van der Waals surface area (Å²) < 4.78 is 13.2. The van der Waals surface area contributed by atoms with Crippen molar-refractivity contribution in [3.63, 3.8) is 0 Å². The number of hydrogen-bond donors (Lipinski definition) is 3. The van der Waals surface area contributed by atoms with Gasteiger partial charge in [-0.25, -0.2) is 9.18 Å². The molecule has 0 bridgehead atoms. The van der Waals surface area contributed by atoms with Crippen LogP contribution in [0.25, 0.3) is 0 Å². The van der Waals surface area contributed by atoms with Crippen LogP contribution in [0.4, 0.5) is 4.39 Å². The maximum absolute atomic E-state index is 13.2. The molecule has 2 amide bonds. The number of carboxylic acid groups (broad SMARTS) is 1. The van der Waals surface area contributed by atoms with Crippen molar-refractivity contribution in [2.75, 3.05) is 0 Å². The molecular weight excluding hydrogens is 363 g/mol. The summed E-state index contributed by atoms with van der Waals surface area (Å²) in [6, 6.07) is 13.6. The molecule has 0 saturated heterocycles. The summed E-state index contributed by atoms with van der Waals surface area (Å²) in [4.78, 5) is 35.5. The van der Waals surface area contributed by atoms with Gasteiger partial charge in [-0.1, -0.05) is 42.5 Å². The molecule has 0 aliphatic heterocycles. The average Bonchev–Trinajstić information content (AvgIpc) is 2.66. The van der Waals surface area contributed by atoms with Crippen LogP contribution in [-0.4, -0.2) is 28.9 Å². The number of carbonyl (C=O) groups excluding carboxylic acids is 2. The molecule has 0 aliphatic carbocycles. The first kappa shape index (κ1) is 21.1. The van der Waals surface area contributed by atoms with Crippen LogP contribution in [0.1, 0.15) is 36.9 Å². The molecule has 2 aromatic rings. The molecule has 6 nitrogen and oxygen atoms in total. The molecule has 0 aromatic heterocycles. The Balaban J connectivity index is 1.82. The smallest absolute Gasteiger partial charge is 0.326 e. The summed E-state index contributed by atoms with van der Waals surface area (Å²) in [5.41, 5.74) is 1.41. The molecule has 3 N–H and O–H groups in total. The molecule has 2 rings (SSSR count). The Morgan fingerprint density at radius 3 is 2.21 bits per heavy atom. The first-order chi connectivity index (χ1) is 13.3. The van der Waals surface area contributed by atoms with Crippen LogP contribution < -0.4 is 10.6 Å².